The van der Waals surface area contributed by atoms with E-state index in [4.69, 9.17) is 4.74 Å². The fourth-order valence-electron chi connectivity index (χ4n) is 2.24. The molecule has 1 aromatic carbocycles. The van der Waals surface area contributed by atoms with Crippen LogP contribution in [0.15, 0.2) is 36.7 Å². The maximum Gasteiger partial charge on any atom is 0.254 e. The van der Waals surface area contributed by atoms with Crippen LogP contribution in [0.2, 0.25) is 0 Å². The Hall–Kier alpha value is -2.37. The van der Waals surface area contributed by atoms with Gasteiger partial charge >= 0.3 is 0 Å². The number of ether oxygens (including phenoxy) is 1. The van der Waals surface area contributed by atoms with Gasteiger partial charge in [0.05, 0.1) is 18.8 Å². The topological polar surface area (TPSA) is 60.2 Å². The second kappa shape index (κ2) is 5.32. The van der Waals surface area contributed by atoms with Crippen molar-refractivity contribution in [2.45, 2.75) is 13.0 Å². The first-order chi connectivity index (χ1) is 9.78. The van der Waals surface area contributed by atoms with Gasteiger partial charge in [-0.2, -0.15) is 0 Å². The van der Waals surface area contributed by atoms with Crippen LogP contribution in [-0.4, -0.2) is 45.5 Å². The van der Waals surface area contributed by atoms with Gasteiger partial charge in [-0.1, -0.05) is 5.21 Å². The molecule has 0 atom stereocenters. The van der Waals surface area contributed by atoms with Crippen molar-refractivity contribution in [1.82, 2.24) is 19.9 Å². The van der Waals surface area contributed by atoms with Gasteiger partial charge in [0, 0.05) is 24.8 Å². The van der Waals surface area contributed by atoms with Crippen LogP contribution in [0, 0.1) is 0 Å². The highest BCUT2D eigenvalue weighted by Crippen LogP contribution is 2.23. The van der Waals surface area contributed by atoms with E-state index in [1.54, 1.807) is 23.0 Å². The SMILES string of the molecule is CCOc1ccc(C(=O)N2CC(n3ccnn3)C2)cc1. The van der Waals surface area contributed by atoms with Crippen molar-refractivity contribution in [3.8, 4) is 5.75 Å². The molecule has 0 N–H and O–H groups in total. The predicted molar refractivity (Wildman–Crippen MR) is 72.6 cm³/mol. The third kappa shape index (κ3) is 2.36. The van der Waals surface area contributed by atoms with Gasteiger partial charge in [0.2, 0.25) is 0 Å². The van der Waals surface area contributed by atoms with Gasteiger partial charge in [-0.15, -0.1) is 5.10 Å². The number of benzene rings is 1. The summed E-state index contributed by atoms with van der Waals surface area (Å²) in [4.78, 5) is 14.1. The molecule has 1 aliphatic rings. The minimum atomic E-state index is 0.0458. The molecule has 0 spiro atoms. The van der Waals surface area contributed by atoms with Crippen molar-refractivity contribution < 1.29 is 9.53 Å². The Labute approximate surface area is 117 Å². The molecule has 1 aromatic heterocycles. The monoisotopic (exact) mass is 272 g/mol. The molecule has 2 heterocycles. The Kier molecular flexibility index (Phi) is 3.37. The largest absolute Gasteiger partial charge is 0.494 e. The number of carbonyl (C=O) groups excluding carboxylic acids is 1. The van der Waals surface area contributed by atoms with E-state index in [-0.39, 0.29) is 11.9 Å². The summed E-state index contributed by atoms with van der Waals surface area (Å²) in [5.74, 6) is 0.831. The summed E-state index contributed by atoms with van der Waals surface area (Å²) in [7, 11) is 0. The van der Waals surface area contributed by atoms with Crippen molar-refractivity contribution in [3.05, 3.63) is 42.2 Å². The number of aromatic nitrogens is 3. The fraction of sp³-hybridized carbons (Fsp3) is 0.357. The van der Waals surface area contributed by atoms with Gasteiger partial charge < -0.3 is 9.64 Å². The van der Waals surface area contributed by atoms with Gasteiger partial charge in [0.25, 0.3) is 5.91 Å². The Bertz CT molecular complexity index is 574. The maximum absolute atomic E-state index is 12.3. The molecule has 1 saturated heterocycles. The number of hydrogen-bond donors (Lipinski definition) is 0. The quantitative estimate of drug-likeness (QED) is 0.843. The van der Waals surface area contributed by atoms with E-state index < -0.39 is 0 Å². The van der Waals surface area contributed by atoms with Crippen LogP contribution in [0.3, 0.4) is 0 Å². The van der Waals surface area contributed by atoms with Crippen molar-refractivity contribution in [1.29, 1.82) is 0 Å². The lowest BCUT2D eigenvalue weighted by molar-refractivity contribution is 0.0498. The number of hydrogen-bond acceptors (Lipinski definition) is 4. The zero-order valence-electron chi connectivity index (χ0n) is 11.3. The van der Waals surface area contributed by atoms with Crippen LogP contribution in [0.25, 0.3) is 0 Å². The molecule has 0 aliphatic carbocycles. The Morgan fingerprint density at radius 1 is 1.35 bits per heavy atom. The standard InChI is InChI=1S/C14H16N4O2/c1-2-20-13-5-3-11(4-6-13)14(19)17-9-12(10-17)18-8-7-15-16-18/h3-8,12H,2,9-10H2,1H3. The maximum atomic E-state index is 12.3. The summed E-state index contributed by atoms with van der Waals surface area (Å²) in [6.07, 6.45) is 3.47. The molecular formula is C14H16N4O2. The van der Waals surface area contributed by atoms with Gasteiger partial charge in [-0.3, -0.25) is 4.79 Å². The summed E-state index contributed by atoms with van der Waals surface area (Å²) >= 11 is 0. The summed E-state index contributed by atoms with van der Waals surface area (Å²) in [5, 5.41) is 7.72. The highest BCUT2D eigenvalue weighted by Gasteiger charge is 2.32. The summed E-state index contributed by atoms with van der Waals surface area (Å²) in [5.41, 5.74) is 0.686. The molecule has 1 aliphatic heterocycles. The molecule has 2 aromatic rings. The number of likely N-dealkylation sites (tertiary alicyclic amines) is 1. The predicted octanol–water partition coefficient (Wildman–Crippen LogP) is 1.37. The van der Waals surface area contributed by atoms with Gasteiger partial charge in [-0.05, 0) is 31.2 Å². The van der Waals surface area contributed by atoms with Gasteiger partial charge in [0.1, 0.15) is 5.75 Å². The molecule has 0 saturated carbocycles. The average Bonchev–Trinajstić information content (AvgIpc) is 2.92. The van der Waals surface area contributed by atoms with Gasteiger partial charge in [-0.25, -0.2) is 4.68 Å². The van der Waals surface area contributed by atoms with E-state index in [9.17, 15) is 4.79 Å². The average molecular weight is 272 g/mol. The molecule has 0 bridgehead atoms. The van der Waals surface area contributed by atoms with Crippen molar-refractivity contribution >= 4 is 5.91 Å². The van der Waals surface area contributed by atoms with Crippen LogP contribution < -0.4 is 4.74 Å². The minimum Gasteiger partial charge on any atom is -0.494 e. The Morgan fingerprint density at radius 3 is 2.70 bits per heavy atom. The smallest absolute Gasteiger partial charge is 0.254 e. The van der Waals surface area contributed by atoms with Crippen LogP contribution in [0.4, 0.5) is 0 Å². The molecule has 1 amide bonds. The first-order valence-corrected chi connectivity index (χ1v) is 6.66. The lowest BCUT2D eigenvalue weighted by atomic mass is 10.1. The van der Waals surface area contributed by atoms with Crippen molar-refractivity contribution in [2.24, 2.45) is 0 Å². The van der Waals surface area contributed by atoms with E-state index in [0.29, 0.717) is 25.3 Å². The van der Waals surface area contributed by atoms with E-state index >= 15 is 0 Å². The van der Waals surface area contributed by atoms with E-state index in [2.05, 4.69) is 10.3 Å². The Balaban J connectivity index is 1.60. The van der Waals surface area contributed by atoms with Crippen LogP contribution in [-0.2, 0) is 0 Å². The minimum absolute atomic E-state index is 0.0458. The van der Waals surface area contributed by atoms with Crippen LogP contribution in [0.1, 0.15) is 23.3 Å². The number of rotatable bonds is 4. The Morgan fingerprint density at radius 2 is 2.10 bits per heavy atom. The number of amides is 1. The fourth-order valence-corrected chi connectivity index (χ4v) is 2.24. The lowest BCUT2D eigenvalue weighted by Gasteiger charge is -2.38. The van der Waals surface area contributed by atoms with Crippen LogP contribution in [0.5, 0.6) is 5.75 Å². The highest BCUT2D eigenvalue weighted by atomic mass is 16.5. The van der Waals surface area contributed by atoms with Crippen molar-refractivity contribution in [3.63, 3.8) is 0 Å². The first kappa shape index (κ1) is 12.7. The summed E-state index contributed by atoms with van der Waals surface area (Å²) in [6, 6.07) is 7.49. The first-order valence-electron chi connectivity index (χ1n) is 6.66. The second-order valence-corrected chi connectivity index (χ2v) is 4.70. The molecule has 0 radical (unpaired) electrons. The zero-order valence-corrected chi connectivity index (χ0v) is 11.3. The molecule has 20 heavy (non-hydrogen) atoms. The zero-order chi connectivity index (χ0) is 13.9. The van der Waals surface area contributed by atoms with Crippen molar-refractivity contribution in [2.75, 3.05) is 19.7 Å². The molecule has 3 rings (SSSR count). The molecule has 0 unspecified atom stereocenters. The third-order valence-corrected chi connectivity index (χ3v) is 3.38. The third-order valence-electron chi connectivity index (χ3n) is 3.38. The van der Waals surface area contributed by atoms with E-state index in [1.807, 2.05) is 30.2 Å². The highest BCUT2D eigenvalue weighted by molar-refractivity contribution is 5.94. The molecule has 1 fully saturated rings. The van der Waals surface area contributed by atoms with Gasteiger partial charge in [0.15, 0.2) is 0 Å². The summed E-state index contributed by atoms with van der Waals surface area (Å²) < 4.78 is 7.16. The molecule has 6 heteroatoms. The molecule has 6 nitrogen and oxygen atoms in total. The lowest BCUT2D eigenvalue weighted by Crippen LogP contribution is -2.50. The van der Waals surface area contributed by atoms with E-state index in [1.165, 1.54) is 0 Å². The molecule has 104 valence electrons. The summed E-state index contributed by atoms with van der Waals surface area (Å²) in [6.45, 7) is 3.91. The normalized spacial score (nSPS) is 14.9. The van der Waals surface area contributed by atoms with E-state index in [0.717, 1.165) is 5.75 Å². The number of carbonyl (C=O) groups is 1. The van der Waals surface area contributed by atoms with Crippen LogP contribution >= 0.6 is 0 Å². The number of nitrogens with zero attached hydrogens (tertiary/aromatic N) is 4. The second-order valence-electron chi connectivity index (χ2n) is 4.70. The molecular weight excluding hydrogens is 256 g/mol.